The predicted molar refractivity (Wildman–Crippen MR) is 104 cm³/mol. The van der Waals surface area contributed by atoms with Crippen molar-refractivity contribution in [2.75, 3.05) is 13.1 Å². The number of nitrogens with one attached hydrogen (secondary N) is 3. The number of primary amides is 1. The number of rotatable bonds is 7. The Balaban J connectivity index is 2.20. The fraction of sp³-hybridized carbons (Fsp3) is 0.789. The Kier molecular flexibility index (Phi) is 6.65. The lowest BCUT2D eigenvalue weighted by Gasteiger charge is -2.37. The van der Waals surface area contributed by atoms with Gasteiger partial charge >= 0.3 is 12.1 Å². The van der Waals surface area contributed by atoms with Gasteiger partial charge in [-0.25, -0.2) is 5.43 Å². The van der Waals surface area contributed by atoms with Gasteiger partial charge in [-0.2, -0.15) is 13.2 Å². The van der Waals surface area contributed by atoms with E-state index in [0.717, 1.165) is 0 Å². The van der Waals surface area contributed by atoms with E-state index in [1.54, 1.807) is 5.32 Å². The van der Waals surface area contributed by atoms with Crippen LogP contribution in [0.15, 0.2) is 0 Å². The van der Waals surface area contributed by atoms with Crippen LogP contribution in [0.5, 0.6) is 0 Å². The third-order valence-electron chi connectivity index (χ3n) is 6.11. The molecular formula is C19H30F3N5O4. The number of hydrogen-bond acceptors (Lipinski definition) is 5. The van der Waals surface area contributed by atoms with E-state index in [2.05, 4.69) is 10.9 Å². The van der Waals surface area contributed by atoms with Crippen molar-refractivity contribution in [1.82, 2.24) is 21.1 Å². The van der Waals surface area contributed by atoms with Crippen LogP contribution < -0.4 is 21.9 Å². The van der Waals surface area contributed by atoms with E-state index in [4.69, 9.17) is 5.73 Å². The number of carbonyl (C=O) groups is 4. The van der Waals surface area contributed by atoms with Gasteiger partial charge in [-0.1, -0.05) is 34.6 Å². The normalized spacial score (nSPS) is 25.4. The summed E-state index contributed by atoms with van der Waals surface area (Å²) in [5, 5.41) is 1.79. The summed E-state index contributed by atoms with van der Waals surface area (Å²) in [7, 11) is 0. The Labute approximate surface area is 178 Å². The van der Waals surface area contributed by atoms with E-state index in [9.17, 15) is 32.3 Å². The Morgan fingerprint density at radius 3 is 2.23 bits per heavy atom. The van der Waals surface area contributed by atoms with Crippen LogP contribution in [0.1, 0.15) is 41.0 Å². The fourth-order valence-electron chi connectivity index (χ4n) is 4.25. The van der Waals surface area contributed by atoms with Gasteiger partial charge in [-0.3, -0.25) is 24.6 Å². The molecule has 4 amide bonds. The second-order valence-corrected chi connectivity index (χ2v) is 9.79. The van der Waals surface area contributed by atoms with Gasteiger partial charge in [-0.15, -0.1) is 0 Å². The molecule has 12 heteroatoms. The van der Waals surface area contributed by atoms with Crippen LogP contribution in [0.4, 0.5) is 13.2 Å². The van der Waals surface area contributed by atoms with Crippen LogP contribution in [-0.2, 0) is 19.2 Å². The van der Waals surface area contributed by atoms with Crippen LogP contribution in [-0.4, -0.2) is 59.9 Å². The number of halogens is 3. The summed E-state index contributed by atoms with van der Waals surface area (Å²) in [5.74, 6) is -4.21. The molecule has 5 N–H and O–H groups in total. The quantitative estimate of drug-likeness (QED) is 0.322. The smallest absolute Gasteiger partial charge is 0.370 e. The number of likely N-dealkylation sites (tertiary alicyclic amines) is 1. The van der Waals surface area contributed by atoms with Gasteiger partial charge in [0.1, 0.15) is 12.1 Å². The SMILES string of the molecule is CC(C)(C)C(NC(=O)C(F)(F)F)C(=O)N1C[C@H]2[C@@H]([C@H]1C(=O)NNCCC(N)=O)C2(C)C. The number of nitrogens with two attached hydrogens (primary N) is 1. The third-order valence-corrected chi connectivity index (χ3v) is 6.11. The van der Waals surface area contributed by atoms with E-state index >= 15 is 0 Å². The standard InChI is InChI=1S/C19H30F3N5O4/c1-17(2,3)13(25-16(31)19(20,21)22)15(30)27-8-9-11(18(9,4)5)12(27)14(29)26-24-7-6-10(23)28/h9,11-13,24H,6-8H2,1-5H3,(H2,23,28)(H,25,31)(H,26,29)/t9-,11-,12-,13?/m0/s1. The molecule has 1 aliphatic heterocycles. The number of hydrogen-bond donors (Lipinski definition) is 4. The molecule has 176 valence electrons. The average Bonchev–Trinajstić information content (AvgIpc) is 2.96. The summed E-state index contributed by atoms with van der Waals surface area (Å²) in [6.07, 6.45) is -5.15. The Morgan fingerprint density at radius 1 is 1.16 bits per heavy atom. The largest absolute Gasteiger partial charge is 0.471 e. The molecule has 1 saturated carbocycles. The summed E-state index contributed by atoms with van der Waals surface area (Å²) in [6, 6.07) is -2.39. The van der Waals surface area contributed by atoms with Gasteiger partial charge in [0, 0.05) is 19.5 Å². The monoisotopic (exact) mass is 449 g/mol. The van der Waals surface area contributed by atoms with Gasteiger partial charge in [0.05, 0.1) is 0 Å². The topological polar surface area (TPSA) is 134 Å². The minimum atomic E-state index is -5.14. The summed E-state index contributed by atoms with van der Waals surface area (Å²) in [4.78, 5) is 49.7. The molecular weight excluding hydrogens is 419 g/mol. The van der Waals surface area contributed by atoms with Gasteiger partial charge < -0.3 is 16.0 Å². The van der Waals surface area contributed by atoms with E-state index < -0.39 is 47.3 Å². The van der Waals surface area contributed by atoms with Gasteiger partial charge in [0.2, 0.25) is 11.8 Å². The Hall–Kier alpha value is -2.37. The molecule has 0 spiro atoms. The number of nitrogens with zero attached hydrogens (tertiary/aromatic N) is 1. The zero-order valence-corrected chi connectivity index (χ0v) is 18.2. The molecule has 2 aliphatic rings. The number of hydrazine groups is 1. The predicted octanol–water partition coefficient (Wildman–Crippen LogP) is 0.0588. The highest BCUT2D eigenvalue weighted by atomic mass is 19.4. The Morgan fingerprint density at radius 2 is 1.74 bits per heavy atom. The van der Waals surface area contributed by atoms with Crippen molar-refractivity contribution in [2.45, 2.75) is 59.3 Å². The summed E-state index contributed by atoms with van der Waals surface area (Å²) < 4.78 is 38.4. The van der Waals surface area contributed by atoms with Crippen LogP contribution in [0.3, 0.4) is 0 Å². The number of fused-ring (bicyclic) bond motifs is 1. The minimum Gasteiger partial charge on any atom is -0.370 e. The molecule has 0 radical (unpaired) electrons. The third kappa shape index (κ3) is 5.28. The maximum atomic E-state index is 13.2. The molecule has 1 saturated heterocycles. The summed E-state index contributed by atoms with van der Waals surface area (Å²) >= 11 is 0. The van der Waals surface area contributed by atoms with E-state index in [1.165, 1.54) is 25.7 Å². The van der Waals surface area contributed by atoms with Crippen LogP contribution in [0, 0.1) is 22.7 Å². The fourth-order valence-corrected chi connectivity index (χ4v) is 4.25. The zero-order valence-electron chi connectivity index (χ0n) is 18.2. The lowest BCUT2D eigenvalue weighted by atomic mass is 9.85. The van der Waals surface area contributed by atoms with Crippen LogP contribution in [0.2, 0.25) is 0 Å². The first-order valence-corrected chi connectivity index (χ1v) is 9.98. The van der Waals surface area contributed by atoms with Gasteiger partial charge in [0.15, 0.2) is 0 Å². The highest BCUT2D eigenvalue weighted by Gasteiger charge is 2.69. The second kappa shape index (κ2) is 8.29. The molecule has 0 aromatic carbocycles. The van der Waals surface area contributed by atoms with E-state index in [1.807, 2.05) is 13.8 Å². The molecule has 1 aliphatic carbocycles. The first-order chi connectivity index (χ1) is 14.0. The van der Waals surface area contributed by atoms with E-state index in [-0.39, 0.29) is 36.8 Å². The van der Waals surface area contributed by atoms with Crippen molar-refractivity contribution in [3.05, 3.63) is 0 Å². The van der Waals surface area contributed by atoms with Gasteiger partial charge in [0.25, 0.3) is 5.91 Å². The molecule has 4 atom stereocenters. The molecule has 31 heavy (non-hydrogen) atoms. The second-order valence-electron chi connectivity index (χ2n) is 9.79. The molecule has 1 heterocycles. The molecule has 1 unspecified atom stereocenters. The highest BCUT2D eigenvalue weighted by molar-refractivity contribution is 5.94. The van der Waals surface area contributed by atoms with Crippen molar-refractivity contribution in [3.63, 3.8) is 0 Å². The van der Waals surface area contributed by atoms with Crippen molar-refractivity contribution in [1.29, 1.82) is 0 Å². The molecule has 2 rings (SSSR count). The maximum Gasteiger partial charge on any atom is 0.471 e. The van der Waals surface area contributed by atoms with Crippen LogP contribution in [0.25, 0.3) is 0 Å². The minimum absolute atomic E-state index is 0.0109. The highest BCUT2D eigenvalue weighted by Crippen LogP contribution is 2.65. The number of piperidine rings is 1. The number of amides is 4. The van der Waals surface area contributed by atoms with Crippen molar-refractivity contribution >= 4 is 23.6 Å². The van der Waals surface area contributed by atoms with Crippen molar-refractivity contribution in [2.24, 2.45) is 28.4 Å². The number of alkyl halides is 3. The lowest BCUT2D eigenvalue weighted by molar-refractivity contribution is -0.176. The molecule has 0 aromatic heterocycles. The Bertz CT molecular complexity index is 763. The first kappa shape index (κ1) is 24.9. The van der Waals surface area contributed by atoms with Crippen molar-refractivity contribution < 1.29 is 32.3 Å². The van der Waals surface area contributed by atoms with E-state index in [0.29, 0.717) is 0 Å². The van der Waals surface area contributed by atoms with Crippen molar-refractivity contribution in [3.8, 4) is 0 Å². The zero-order chi connectivity index (χ0) is 23.9. The summed E-state index contributed by atoms with van der Waals surface area (Å²) in [6.45, 7) is 8.80. The average molecular weight is 449 g/mol. The molecule has 0 bridgehead atoms. The molecule has 0 aromatic rings. The lowest BCUT2D eigenvalue weighted by Crippen LogP contribution is -2.61. The number of carbonyl (C=O) groups excluding carboxylic acids is 4. The maximum absolute atomic E-state index is 13.2. The summed E-state index contributed by atoms with van der Waals surface area (Å²) in [5.41, 5.74) is 8.82. The molecule has 2 fully saturated rings. The van der Waals surface area contributed by atoms with Gasteiger partial charge in [-0.05, 0) is 22.7 Å². The van der Waals surface area contributed by atoms with Crippen LogP contribution >= 0.6 is 0 Å². The molecule has 9 nitrogen and oxygen atoms in total. The first-order valence-electron chi connectivity index (χ1n) is 9.98.